The Bertz CT molecular complexity index is 688. The summed E-state index contributed by atoms with van der Waals surface area (Å²) in [4.78, 5) is 15.9. The second-order valence-corrected chi connectivity index (χ2v) is 5.41. The van der Waals surface area contributed by atoms with Crippen LogP contribution in [0.3, 0.4) is 0 Å². The Kier molecular flexibility index (Phi) is 5.22. The molecule has 0 aliphatic carbocycles. The summed E-state index contributed by atoms with van der Waals surface area (Å²) in [6, 6.07) is 8.74. The highest BCUT2D eigenvalue weighted by Crippen LogP contribution is 2.21. The van der Waals surface area contributed by atoms with E-state index in [0.29, 0.717) is 23.9 Å². The highest BCUT2D eigenvalue weighted by Gasteiger charge is 2.16. The molecule has 0 saturated carbocycles. The molecule has 6 nitrogen and oxygen atoms in total. The molecule has 1 aliphatic heterocycles. The lowest BCUT2D eigenvalue weighted by Crippen LogP contribution is -2.35. The van der Waals surface area contributed by atoms with Crippen molar-refractivity contribution in [2.24, 2.45) is 0 Å². The summed E-state index contributed by atoms with van der Waals surface area (Å²) in [6.07, 6.45) is 3.56. The van der Waals surface area contributed by atoms with Crippen LogP contribution in [-0.4, -0.2) is 30.3 Å². The molecule has 0 radical (unpaired) electrons. The average Bonchev–Trinajstić information content (AvgIpc) is 3.08. The predicted molar refractivity (Wildman–Crippen MR) is 86.7 cm³/mol. The van der Waals surface area contributed by atoms with Crippen molar-refractivity contribution in [3.63, 3.8) is 0 Å². The van der Waals surface area contributed by atoms with E-state index >= 15 is 0 Å². The van der Waals surface area contributed by atoms with Gasteiger partial charge in [0.2, 0.25) is 5.88 Å². The van der Waals surface area contributed by atoms with Crippen molar-refractivity contribution in [3.8, 4) is 11.6 Å². The number of nitrogens with zero attached hydrogens (tertiary/aromatic N) is 1. The number of anilines is 1. The minimum atomic E-state index is -0.381. The van der Waals surface area contributed by atoms with Gasteiger partial charge in [0.25, 0.3) is 0 Å². The van der Waals surface area contributed by atoms with Crippen molar-refractivity contribution in [2.45, 2.75) is 18.9 Å². The maximum Gasteiger partial charge on any atom is 0.319 e. The first kappa shape index (κ1) is 16.2. The normalized spacial score (nSPS) is 16.6. The van der Waals surface area contributed by atoms with Gasteiger partial charge in [0.05, 0.1) is 18.0 Å². The maximum atomic E-state index is 13.1. The van der Waals surface area contributed by atoms with E-state index in [0.717, 1.165) is 19.4 Å². The molecule has 1 aliphatic rings. The zero-order valence-electron chi connectivity index (χ0n) is 13.0. The van der Waals surface area contributed by atoms with Gasteiger partial charge in [-0.05, 0) is 31.0 Å². The fourth-order valence-corrected chi connectivity index (χ4v) is 2.35. The van der Waals surface area contributed by atoms with E-state index in [2.05, 4.69) is 15.6 Å². The Morgan fingerprint density at radius 1 is 1.38 bits per heavy atom. The van der Waals surface area contributed by atoms with E-state index in [4.69, 9.17) is 9.47 Å². The number of rotatable bonds is 5. The molecule has 1 aromatic heterocycles. The van der Waals surface area contributed by atoms with Gasteiger partial charge in [0, 0.05) is 25.3 Å². The van der Waals surface area contributed by atoms with E-state index < -0.39 is 0 Å². The van der Waals surface area contributed by atoms with E-state index in [-0.39, 0.29) is 18.0 Å². The van der Waals surface area contributed by atoms with Crippen LogP contribution < -0.4 is 15.4 Å². The van der Waals surface area contributed by atoms with Gasteiger partial charge in [-0.2, -0.15) is 0 Å². The molecule has 2 aromatic rings. The van der Waals surface area contributed by atoms with Crippen LogP contribution in [0.1, 0.15) is 12.8 Å². The number of carbonyl (C=O) groups excluding carboxylic acids is 1. The molecule has 1 saturated heterocycles. The lowest BCUT2D eigenvalue weighted by molar-refractivity contribution is 0.112. The minimum absolute atomic E-state index is 0.0934. The number of ether oxygens (including phenoxy) is 2. The van der Waals surface area contributed by atoms with Gasteiger partial charge in [-0.15, -0.1) is 0 Å². The highest BCUT2D eigenvalue weighted by atomic mass is 19.1. The Hall–Kier alpha value is -2.67. The molecule has 1 fully saturated rings. The molecule has 126 valence electrons. The van der Waals surface area contributed by atoms with Crippen LogP contribution in [0.4, 0.5) is 14.9 Å². The summed E-state index contributed by atoms with van der Waals surface area (Å²) in [6.45, 7) is 1.24. The largest absolute Gasteiger partial charge is 0.439 e. The molecule has 2 N–H and O–H groups in total. The van der Waals surface area contributed by atoms with Gasteiger partial charge >= 0.3 is 6.03 Å². The van der Waals surface area contributed by atoms with Crippen LogP contribution in [0.5, 0.6) is 11.6 Å². The fourth-order valence-electron chi connectivity index (χ4n) is 2.35. The summed E-state index contributed by atoms with van der Waals surface area (Å²) in [5.74, 6) is 0.289. The van der Waals surface area contributed by atoms with Crippen LogP contribution in [-0.2, 0) is 4.74 Å². The number of hydrogen-bond acceptors (Lipinski definition) is 4. The molecule has 2 amide bonds. The van der Waals surface area contributed by atoms with Crippen LogP contribution in [0.25, 0.3) is 0 Å². The third-order valence-corrected chi connectivity index (χ3v) is 3.53. The third-order valence-electron chi connectivity index (χ3n) is 3.53. The summed E-state index contributed by atoms with van der Waals surface area (Å²) in [7, 11) is 0. The number of carbonyl (C=O) groups is 1. The van der Waals surface area contributed by atoms with Crippen molar-refractivity contribution in [1.29, 1.82) is 0 Å². The lowest BCUT2D eigenvalue weighted by Gasteiger charge is -2.12. The number of aromatic nitrogens is 1. The van der Waals surface area contributed by atoms with E-state index in [1.165, 1.54) is 18.3 Å². The van der Waals surface area contributed by atoms with Crippen molar-refractivity contribution in [2.75, 3.05) is 18.5 Å². The molecule has 3 rings (SSSR count). The summed E-state index contributed by atoms with van der Waals surface area (Å²) >= 11 is 0. The molecular weight excluding hydrogens is 313 g/mol. The van der Waals surface area contributed by atoms with Crippen molar-refractivity contribution >= 4 is 11.7 Å². The van der Waals surface area contributed by atoms with Gasteiger partial charge in [0.1, 0.15) is 11.6 Å². The van der Waals surface area contributed by atoms with Crippen LogP contribution >= 0.6 is 0 Å². The first-order chi connectivity index (χ1) is 11.7. The highest BCUT2D eigenvalue weighted by molar-refractivity contribution is 5.89. The molecule has 0 bridgehead atoms. The third kappa shape index (κ3) is 4.66. The Balaban J connectivity index is 1.49. The van der Waals surface area contributed by atoms with E-state index in [1.807, 2.05) is 0 Å². The van der Waals surface area contributed by atoms with Crippen LogP contribution in [0.15, 0.2) is 42.6 Å². The zero-order valence-corrected chi connectivity index (χ0v) is 13.0. The molecule has 1 unspecified atom stereocenters. The SMILES string of the molecule is O=C(NCC1CCCO1)Nc1ccc(Oc2cccc(F)c2)nc1. The lowest BCUT2D eigenvalue weighted by atomic mass is 10.2. The van der Waals surface area contributed by atoms with Gasteiger partial charge in [-0.3, -0.25) is 0 Å². The second kappa shape index (κ2) is 7.74. The standard InChI is InChI=1S/C17H18FN3O3/c18-12-3-1-4-14(9-12)24-16-7-6-13(10-19-16)21-17(22)20-11-15-5-2-8-23-15/h1,3-4,6-7,9-10,15H,2,5,8,11H2,(H2,20,21,22). The molecule has 2 heterocycles. The molecule has 7 heteroatoms. The Morgan fingerprint density at radius 3 is 3.00 bits per heavy atom. The number of nitrogens with one attached hydrogen (secondary N) is 2. The molecular formula is C17H18FN3O3. The average molecular weight is 331 g/mol. The predicted octanol–water partition coefficient (Wildman–Crippen LogP) is 3.31. The van der Waals surface area contributed by atoms with Crippen molar-refractivity contribution in [1.82, 2.24) is 10.3 Å². The van der Waals surface area contributed by atoms with Gasteiger partial charge in [-0.25, -0.2) is 14.2 Å². The number of hydrogen-bond donors (Lipinski definition) is 2. The van der Waals surface area contributed by atoms with Crippen LogP contribution in [0, 0.1) is 5.82 Å². The number of amides is 2. The topological polar surface area (TPSA) is 72.5 Å². The summed E-state index contributed by atoms with van der Waals surface area (Å²) in [5.41, 5.74) is 0.534. The number of halogens is 1. The molecule has 1 atom stereocenters. The summed E-state index contributed by atoms with van der Waals surface area (Å²) in [5, 5.41) is 5.44. The van der Waals surface area contributed by atoms with Crippen molar-refractivity contribution < 1.29 is 18.7 Å². The molecule has 24 heavy (non-hydrogen) atoms. The quantitative estimate of drug-likeness (QED) is 0.881. The van der Waals surface area contributed by atoms with Gasteiger partial charge in [0.15, 0.2) is 0 Å². The fraction of sp³-hybridized carbons (Fsp3) is 0.294. The van der Waals surface area contributed by atoms with Gasteiger partial charge in [-0.1, -0.05) is 6.07 Å². The van der Waals surface area contributed by atoms with E-state index in [1.54, 1.807) is 24.3 Å². The zero-order chi connectivity index (χ0) is 16.8. The van der Waals surface area contributed by atoms with E-state index in [9.17, 15) is 9.18 Å². The first-order valence-corrected chi connectivity index (χ1v) is 7.75. The molecule has 1 aromatic carbocycles. The monoisotopic (exact) mass is 331 g/mol. The Morgan fingerprint density at radius 2 is 2.29 bits per heavy atom. The maximum absolute atomic E-state index is 13.1. The number of pyridine rings is 1. The van der Waals surface area contributed by atoms with Crippen LogP contribution in [0.2, 0.25) is 0 Å². The van der Waals surface area contributed by atoms with Crippen molar-refractivity contribution in [3.05, 3.63) is 48.4 Å². The minimum Gasteiger partial charge on any atom is -0.439 e. The smallest absolute Gasteiger partial charge is 0.319 e. The second-order valence-electron chi connectivity index (χ2n) is 5.41. The first-order valence-electron chi connectivity index (χ1n) is 7.75. The number of urea groups is 1. The summed E-state index contributed by atoms with van der Waals surface area (Å²) < 4.78 is 24.0. The Labute approximate surface area is 139 Å². The van der Waals surface area contributed by atoms with Gasteiger partial charge < -0.3 is 20.1 Å². The number of benzene rings is 1. The molecule has 0 spiro atoms.